The van der Waals surface area contributed by atoms with Crippen molar-refractivity contribution < 1.29 is 13.2 Å². The molecule has 8 nitrogen and oxygen atoms in total. The highest BCUT2D eigenvalue weighted by atomic mass is 32.2. The van der Waals surface area contributed by atoms with Gasteiger partial charge in [-0.05, 0) is 54.8 Å². The molecule has 1 fully saturated rings. The molecule has 0 amide bonds. The van der Waals surface area contributed by atoms with Crippen LogP contribution in [-0.4, -0.2) is 31.7 Å². The summed E-state index contributed by atoms with van der Waals surface area (Å²) in [5.74, 6) is 1.27. The lowest BCUT2D eigenvalue weighted by Gasteiger charge is -2.10. The molecular weight excluding hydrogens is 414 g/mol. The number of aliphatic imine (C=N–C) groups is 1. The van der Waals surface area contributed by atoms with Crippen molar-refractivity contribution >= 4 is 33.2 Å². The Bertz CT molecular complexity index is 1210. The van der Waals surface area contributed by atoms with Crippen LogP contribution in [0.1, 0.15) is 12.8 Å². The molecule has 1 aliphatic carbocycles. The summed E-state index contributed by atoms with van der Waals surface area (Å²) in [5.41, 5.74) is 8.92. The number of anilines is 2. The fourth-order valence-electron chi connectivity index (χ4n) is 3.05. The minimum Gasteiger partial charge on any atom is -0.495 e. The first-order valence-electron chi connectivity index (χ1n) is 9.77. The van der Waals surface area contributed by atoms with E-state index in [1.54, 1.807) is 37.6 Å². The van der Waals surface area contributed by atoms with Crippen LogP contribution in [0.4, 0.5) is 17.2 Å². The SMILES string of the molecule is COc1ccccc1NC(N)=Nc1ccc(-c2cccc(NS(=O)(=O)C3CC3)c2)cn1. The highest BCUT2D eigenvalue weighted by Crippen LogP contribution is 2.31. The number of benzene rings is 2. The molecule has 1 aliphatic rings. The van der Waals surface area contributed by atoms with Crippen LogP contribution in [0.2, 0.25) is 0 Å². The summed E-state index contributed by atoms with van der Waals surface area (Å²) in [6.07, 6.45) is 3.11. The van der Waals surface area contributed by atoms with Gasteiger partial charge in [0.15, 0.2) is 11.8 Å². The Kier molecular flexibility index (Phi) is 5.77. The molecule has 4 N–H and O–H groups in total. The predicted molar refractivity (Wildman–Crippen MR) is 123 cm³/mol. The molecule has 0 aliphatic heterocycles. The van der Waals surface area contributed by atoms with Crippen LogP contribution >= 0.6 is 0 Å². The molecule has 0 unspecified atom stereocenters. The first-order chi connectivity index (χ1) is 14.9. The Hall–Kier alpha value is -3.59. The first kappa shape index (κ1) is 20.7. The van der Waals surface area contributed by atoms with E-state index in [1.807, 2.05) is 36.4 Å². The third-order valence-electron chi connectivity index (χ3n) is 4.77. The molecule has 0 saturated heterocycles. The van der Waals surface area contributed by atoms with E-state index in [4.69, 9.17) is 10.5 Å². The normalized spacial score (nSPS) is 14.2. The fraction of sp³-hybridized carbons (Fsp3) is 0.182. The summed E-state index contributed by atoms with van der Waals surface area (Å²) in [6.45, 7) is 0. The Morgan fingerprint density at radius 1 is 1.10 bits per heavy atom. The van der Waals surface area contributed by atoms with Crippen LogP contribution in [0, 0.1) is 0 Å². The van der Waals surface area contributed by atoms with Gasteiger partial charge in [-0.25, -0.2) is 13.4 Å². The Morgan fingerprint density at radius 2 is 1.90 bits per heavy atom. The van der Waals surface area contributed by atoms with E-state index in [-0.39, 0.29) is 11.2 Å². The second-order valence-electron chi connectivity index (χ2n) is 7.15. The molecule has 1 heterocycles. The van der Waals surface area contributed by atoms with Gasteiger partial charge in [0.1, 0.15) is 5.75 Å². The van der Waals surface area contributed by atoms with Gasteiger partial charge < -0.3 is 15.8 Å². The van der Waals surface area contributed by atoms with Crippen molar-refractivity contribution in [2.45, 2.75) is 18.1 Å². The molecule has 2 aromatic carbocycles. The smallest absolute Gasteiger partial charge is 0.235 e. The van der Waals surface area contributed by atoms with Gasteiger partial charge >= 0.3 is 0 Å². The summed E-state index contributed by atoms with van der Waals surface area (Å²) < 4.78 is 32.3. The van der Waals surface area contributed by atoms with Crippen molar-refractivity contribution in [3.05, 3.63) is 66.9 Å². The van der Waals surface area contributed by atoms with Crippen LogP contribution in [0.25, 0.3) is 11.1 Å². The summed E-state index contributed by atoms with van der Waals surface area (Å²) in [5, 5.41) is 2.72. The number of nitrogens with zero attached hydrogens (tertiary/aromatic N) is 2. The second kappa shape index (κ2) is 8.65. The predicted octanol–water partition coefficient (Wildman–Crippen LogP) is 3.72. The van der Waals surface area contributed by atoms with E-state index in [1.165, 1.54) is 0 Å². The average Bonchev–Trinajstić information content (AvgIpc) is 3.61. The number of methoxy groups -OCH3 is 1. The molecule has 1 aromatic heterocycles. The molecule has 0 radical (unpaired) electrons. The molecule has 0 bridgehead atoms. The molecule has 3 aromatic rings. The highest BCUT2D eigenvalue weighted by Gasteiger charge is 2.35. The number of nitrogens with one attached hydrogen (secondary N) is 2. The Morgan fingerprint density at radius 3 is 2.61 bits per heavy atom. The molecule has 0 atom stereocenters. The van der Waals surface area contributed by atoms with Gasteiger partial charge in [0.05, 0.1) is 18.0 Å². The second-order valence-corrected chi connectivity index (χ2v) is 9.12. The zero-order valence-corrected chi connectivity index (χ0v) is 17.8. The van der Waals surface area contributed by atoms with Crippen molar-refractivity contribution in [2.75, 3.05) is 17.1 Å². The van der Waals surface area contributed by atoms with Crippen LogP contribution in [-0.2, 0) is 10.0 Å². The van der Waals surface area contributed by atoms with E-state index in [2.05, 4.69) is 20.0 Å². The number of rotatable bonds is 7. The number of hydrogen-bond acceptors (Lipinski definition) is 5. The third-order valence-corrected chi connectivity index (χ3v) is 6.64. The minimum atomic E-state index is -3.30. The number of aromatic nitrogens is 1. The summed E-state index contributed by atoms with van der Waals surface area (Å²) in [4.78, 5) is 8.63. The van der Waals surface area contributed by atoms with Gasteiger partial charge in [0, 0.05) is 17.4 Å². The lowest BCUT2D eigenvalue weighted by Crippen LogP contribution is -2.22. The molecular formula is C22H23N5O3S. The van der Waals surface area contributed by atoms with Gasteiger partial charge in [-0.2, -0.15) is 4.99 Å². The number of ether oxygens (including phenoxy) is 1. The molecule has 160 valence electrons. The van der Waals surface area contributed by atoms with E-state index in [0.717, 1.165) is 24.0 Å². The van der Waals surface area contributed by atoms with Crippen LogP contribution in [0.15, 0.2) is 71.9 Å². The van der Waals surface area contributed by atoms with Crippen molar-refractivity contribution in [3.63, 3.8) is 0 Å². The Balaban J connectivity index is 1.48. The van der Waals surface area contributed by atoms with Crippen molar-refractivity contribution in [3.8, 4) is 16.9 Å². The maximum atomic E-state index is 12.2. The van der Waals surface area contributed by atoms with Gasteiger partial charge in [0.2, 0.25) is 10.0 Å². The number of hydrogen-bond donors (Lipinski definition) is 3. The minimum absolute atomic E-state index is 0.182. The van der Waals surface area contributed by atoms with Crippen LogP contribution in [0.5, 0.6) is 5.75 Å². The quantitative estimate of drug-likeness (QED) is 0.383. The number of sulfonamides is 1. The Labute approximate surface area is 181 Å². The largest absolute Gasteiger partial charge is 0.495 e. The third kappa shape index (κ3) is 5.13. The van der Waals surface area contributed by atoms with Crippen LogP contribution in [0.3, 0.4) is 0 Å². The summed E-state index contributed by atoms with van der Waals surface area (Å²) in [6, 6.07) is 18.2. The maximum absolute atomic E-state index is 12.2. The summed E-state index contributed by atoms with van der Waals surface area (Å²) >= 11 is 0. The lowest BCUT2D eigenvalue weighted by atomic mass is 10.1. The first-order valence-corrected chi connectivity index (χ1v) is 11.3. The number of nitrogens with two attached hydrogens (primary N) is 1. The van der Waals surface area contributed by atoms with Gasteiger partial charge in [-0.1, -0.05) is 24.3 Å². The standard InChI is InChI=1S/C22H23N5O3S/c1-30-20-8-3-2-7-19(20)25-22(23)26-21-12-9-16(14-24-21)15-5-4-6-17(13-15)27-31(28,29)18-10-11-18/h2-9,12-14,18,27H,10-11H2,1H3,(H3,23,24,25,26). The topological polar surface area (TPSA) is 119 Å². The number of pyridine rings is 1. The molecule has 1 saturated carbocycles. The maximum Gasteiger partial charge on any atom is 0.235 e. The van der Waals surface area contributed by atoms with Crippen molar-refractivity contribution in [1.82, 2.24) is 4.98 Å². The molecule has 31 heavy (non-hydrogen) atoms. The summed E-state index contributed by atoms with van der Waals surface area (Å²) in [7, 11) is -1.72. The van der Waals surface area contributed by atoms with Gasteiger partial charge in [0.25, 0.3) is 0 Å². The molecule has 9 heteroatoms. The van der Waals surface area contributed by atoms with E-state index < -0.39 is 10.0 Å². The monoisotopic (exact) mass is 437 g/mol. The van der Waals surface area contributed by atoms with Gasteiger partial charge in [-0.3, -0.25) is 4.72 Å². The van der Waals surface area contributed by atoms with Crippen LogP contribution < -0.4 is 20.5 Å². The lowest BCUT2D eigenvalue weighted by molar-refractivity contribution is 0.417. The van der Waals surface area contributed by atoms with Crippen molar-refractivity contribution in [1.29, 1.82) is 0 Å². The molecule has 0 spiro atoms. The zero-order chi connectivity index (χ0) is 21.8. The number of guanidine groups is 1. The molecule has 4 rings (SSSR count). The number of para-hydroxylation sites is 2. The van der Waals surface area contributed by atoms with E-state index >= 15 is 0 Å². The average molecular weight is 438 g/mol. The van der Waals surface area contributed by atoms with E-state index in [0.29, 0.717) is 22.9 Å². The zero-order valence-electron chi connectivity index (χ0n) is 16.9. The van der Waals surface area contributed by atoms with E-state index in [9.17, 15) is 8.42 Å². The van der Waals surface area contributed by atoms with Crippen molar-refractivity contribution in [2.24, 2.45) is 10.7 Å². The van der Waals surface area contributed by atoms with Gasteiger partial charge in [-0.15, -0.1) is 0 Å². The highest BCUT2D eigenvalue weighted by molar-refractivity contribution is 7.93. The fourth-order valence-corrected chi connectivity index (χ4v) is 4.43.